The van der Waals surface area contributed by atoms with Gasteiger partial charge in [-0.05, 0) is 48.4 Å². The smallest absolute Gasteiger partial charge is 0.338 e. The number of benzene rings is 3. The number of thiazole rings is 1. The summed E-state index contributed by atoms with van der Waals surface area (Å²) in [7, 11) is 0. The lowest BCUT2D eigenvalue weighted by molar-refractivity contribution is -0.138. The minimum Gasteiger partial charge on any atom is -0.481 e. The summed E-state index contributed by atoms with van der Waals surface area (Å²) in [5.41, 5.74) is 2.34. The van der Waals surface area contributed by atoms with Gasteiger partial charge in [0.2, 0.25) is 0 Å². The van der Waals surface area contributed by atoms with Gasteiger partial charge in [-0.1, -0.05) is 71.9 Å². The number of terminal acetylenes is 1. The molecule has 0 saturated carbocycles. The van der Waals surface area contributed by atoms with E-state index < -0.39 is 17.8 Å². The van der Waals surface area contributed by atoms with Crippen LogP contribution in [-0.2, 0) is 9.53 Å². The van der Waals surface area contributed by atoms with Crippen LogP contribution in [0.3, 0.4) is 0 Å². The molecule has 1 aromatic heterocycles. The van der Waals surface area contributed by atoms with Crippen LogP contribution in [-0.4, -0.2) is 23.8 Å². The van der Waals surface area contributed by atoms with Crippen LogP contribution in [0.5, 0.6) is 5.75 Å². The quantitative estimate of drug-likeness (QED) is 0.263. The molecule has 4 aromatic rings. The monoisotopic (exact) mass is 538 g/mol. The Balaban J connectivity index is 1.73. The van der Waals surface area contributed by atoms with Gasteiger partial charge in [0, 0.05) is 5.56 Å². The number of carbonyl (C=O) groups excluding carboxylic acids is 1. The molecule has 1 aliphatic rings. The normalized spacial score (nSPS) is 14.8. The molecule has 0 unspecified atom stereocenters. The first-order chi connectivity index (χ1) is 19.0. The second kappa shape index (κ2) is 11.3. The van der Waals surface area contributed by atoms with E-state index >= 15 is 0 Å². The second-order valence-corrected chi connectivity index (χ2v) is 9.55. The summed E-state index contributed by atoms with van der Waals surface area (Å²) in [5.74, 6) is 2.02. The number of esters is 1. The van der Waals surface area contributed by atoms with Gasteiger partial charge >= 0.3 is 5.97 Å². The van der Waals surface area contributed by atoms with E-state index in [2.05, 4.69) is 5.92 Å². The van der Waals surface area contributed by atoms with Crippen molar-refractivity contribution in [2.75, 3.05) is 13.2 Å². The van der Waals surface area contributed by atoms with Crippen molar-refractivity contribution in [3.8, 4) is 18.1 Å². The third kappa shape index (κ3) is 5.31. The van der Waals surface area contributed by atoms with Gasteiger partial charge in [-0.3, -0.25) is 9.36 Å². The van der Waals surface area contributed by atoms with Crippen LogP contribution in [0.15, 0.2) is 94.2 Å². The number of aromatic nitrogens is 1. The van der Waals surface area contributed by atoms with Crippen LogP contribution in [0.25, 0.3) is 11.8 Å². The molecule has 6 nitrogen and oxygen atoms in total. The fourth-order valence-corrected chi connectivity index (χ4v) is 5.34. The first-order valence-electron chi connectivity index (χ1n) is 12.2. The molecule has 0 fully saturated rings. The van der Waals surface area contributed by atoms with Gasteiger partial charge < -0.3 is 9.47 Å². The SMILES string of the molecule is C#CCOc1ccc(C=c2sc3n(c2=O)[C@@H](c2ccc(F)cc2)C(C(=O)OCC)=C(c2ccccc2)N=3)cc1. The van der Waals surface area contributed by atoms with E-state index in [9.17, 15) is 14.0 Å². The van der Waals surface area contributed by atoms with Gasteiger partial charge in [-0.2, -0.15) is 0 Å². The van der Waals surface area contributed by atoms with Crippen molar-refractivity contribution in [3.05, 3.63) is 127 Å². The Kier molecular flexibility index (Phi) is 7.53. The Morgan fingerprint density at radius 1 is 1.10 bits per heavy atom. The Bertz CT molecular complexity index is 1760. The van der Waals surface area contributed by atoms with Crippen LogP contribution >= 0.6 is 11.3 Å². The predicted octanol–water partition coefficient (Wildman–Crippen LogP) is 4.09. The number of hydrogen-bond acceptors (Lipinski definition) is 6. The number of ether oxygens (including phenoxy) is 2. The molecule has 0 radical (unpaired) electrons. The highest BCUT2D eigenvalue weighted by Crippen LogP contribution is 2.35. The molecule has 0 bridgehead atoms. The molecule has 1 aliphatic heterocycles. The Labute approximate surface area is 228 Å². The van der Waals surface area contributed by atoms with Crippen molar-refractivity contribution < 1.29 is 18.7 Å². The molecule has 1 atom stereocenters. The van der Waals surface area contributed by atoms with Crippen molar-refractivity contribution in [3.63, 3.8) is 0 Å². The molecule has 39 heavy (non-hydrogen) atoms. The van der Waals surface area contributed by atoms with Crippen LogP contribution in [0, 0.1) is 18.2 Å². The second-order valence-electron chi connectivity index (χ2n) is 8.54. The lowest BCUT2D eigenvalue weighted by atomic mass is 9.93. The fourth-order valence-electron chi connectivity index (χ4n) is 4.34. The van der Waals surface area contributed by atoms with Crippen molar-refractivity contribution in [1.29, 1.82) is 0 Å². The van der Waals surface area contributed by atoms with E-state index in [0.717, 1.165) is 5.56 Å². The average molecular weight is 539 g/mol. The maximum absolute atomic E-state index is 13.9. The third-order valence-electron chi connectivity index (χ3n) is 6.06. The molecule has 194 valence electrons. The molecular weight excluding hydrogens is 515 g/mol. The zero-order valence-electron chi connectivity index (χ0n) is 21.0. The molecular formula is C31H23FN2O4S. The minimum atomic E-state index is -0.863. The van der Waals surface area contributed by atoms with Crippen molar-refractivity contribution >= 4 is 29.1 Å². The summed E-state index contributed by atoms with van der Waals surface area (Å²) < 4.78 is 26.6. The molecule has 0 aliphatic carbocycles. The molecule has 5 rings (SSSR count). The summed E-state index contributed by atoms with van der Waals surface area (Å²) in [6, 6.07) is 21.3. The maximum atomic E-state index is 13.9. The van der Waals surface area contributed by atoms with E-state index in [1.54, 1.807) is 37.3 Å². The van der Waals surface area contributed by atoms with Gasteiger partial charge in [-0.25, -0.2) is 14.2 Å². The third-order valence-corrected chi connectivity index (χ3v) is 7.04. The lowest BCUT2D eigenvalue weighted by Crippen LogP contribution is -2.40. The number of carbonyl (C=O) groups is 1. The Morgan fingerprint density at radius 3 is 2.49 bits per heavy atom. The summed E-state index contributed by atoms with van der Waals surface area (Å²) in [5, 5.41) is 0. The zero-order chi connectivity index (χ0) is 27.4. The predicted molar refractivity (Wildman–Crippen MR) is 148 cm³/mol. The molecule has 2 heterocycles. The van der Waals surface area contributed by atoms with Gasteiger partial charge in [-0.15, -0.1) is 6.42 Å². The highest BCUT2D eigenvalue weighted by atomic mass is 32.1. The molecule has 3 aromatic carbocycles. The number of fused-ring (bicyclic) bond motifs is 1. The van der Waals surface area contributed by atoms with Crippen molar-refractivity contribution in [1.82, 2.24) is 4.57 Å². The van der Waals surface area contributed by atoms with E-state index in [0.29, 0.717) is 31.9 Å². The van der Waals surface area contributed by atoms with Gasteiger partial charge in [0.1, 0.15) is 18.2 Å². The highest BCUT2D eigenvalue weighted by Gasteiger charge is 2.35. The van der Waals surface area contributed by atoms with Crippen LogP contribution < -0.4 is 19.6 Å². The van der Waals surface area contributed by atoms with Crippen LogP contribution in [0.4, 0.5) is 4.39 Å². The van der Waals surface area contributed by atoms with E-state index in [-0.39, 0.29) is 24.3 Å². The lowest BCUT2D eigenvalue weighted by Gasteiger charge is -2.25. The van der Waals surface area contributed by atoms with Crippen molar-refractivity contribution in [2.24, 2.45) is 4.99 Å². The highest BCUT2D eigenvalue weighted by molar-refractivity contribution is 7.07. The summed E-state index contributed by atoms with van der Waals surface area (Å²) in [6.45, 7) is 2.02. The largest absolute Gasteiger partial charge is 0.481 e. The first-order valence-corrected chi connectivity index (χ1v) is 13.0. The topological polar surface area (TPSA) is 69.9 Å². The number of nitrogens with zero attached hydrogens (tertiary/aromatic N) is 2. The fraction of sp³-hybridized carbons (Fsp3) is 0.129. The zero-order valence-corrected chi connectivity index (χ0v) is 21.8. The van der Waals surface area contributed by atoms with Crippen LogP contribution in [0.2, 0.25) is 0 Å². The molecule has 0 spiro atoms. The number of hydrogen-bond donors (Lipinski definition) is 0. The number of halogens is 1. The van der Waals surface area contributed by atoms with E-state index in [1.165, 1.54) is 28.0 Å². The van der Waals surface area contributed by atoms with Gasteiger partial charge in [0.25, 0.3) is 5.56 Å². The number of rotatable bonds is 7. The minimum absolute atomic E-state index is 0.145. The molecule has 0 amide bonds. The van der Waals surface area contributed by atoms with E-state index in [4.69, 9.17) is 20.9 Å². The van der Waals surface area contributed by atoms with Gasteiger partial charge in [0.05, 0.1) is 28.5 Å². The summed E-state index contributed by atoms with van der Waals surface area (Å²) in [6.07, 6.45) is 7.01. The maximum Gasteiger partial charge on any atom is 0.338 e. The summed E-state index contributed by atoms with van der Waals surface area (Å²) in [4.78, 5) is 32.4. The Hall–Kier alpha value is -4.74. The Morgan fingerprint density at radius 2 is 1.82 bits per heavy atom. The molecule has 8 heteroatoms. The van der Waals surface area contributed by atoms with Gasteiger partial charge in [0.15, 0.2) is 4.80 Å². The average Bonchev–Trinajstić information content (AvgIpc) is 3.27. The standard InChI is InChI=1S/C31H23FN2O4S/c1-3-18-38-24-16-10-20(11-17-24)19-25-29(35)34-28(22-12-14-23(32)15-13-22)26(30(36)37-4-2)27(33-31(34)39-25)21-8-6-5-7-9-21/h1,5-17,19,28H,4,18H2,2H3/t28-/m0/s1. The van der Waals surface area contributed by atoms with E-state index in [1.807, 2.05) is 42.5 Å². The van der Waals surface area contributed by atoms with Crippen LogP contribution in [0.1, 0.15) is 29.7 Å². The first kappa shape index (κ1) is 25.9. The van der Waals surface area contributed by atoms with Crippen molar-refractivity contribution in [2.45, 2.75) is 13.0 Å². The summed E-state index contributed by atoms with van der Waals surface area (Å²) >= 11 is 1.21. The molecule has 0 saturated heterocycles. The molecule has 0 N–H and O–H groups in total.